The molecule has 0 nitrogen and oxygen atoms in total. The van der Waals surface area contributed by atoms with E-state index in [0.29, 0.717) is 0 Å². The van der Waals surface area contributed by atoms with Crippen LogP contribution in [-0.4, -0.2) is 11.5 Å². The topological polar surface area (TPSA) is 0 Å². The van der Waals surface area contributed by atoms with Crippen molar-refractivity contribution in [1.29, 1.82) is 0 Å². The fraction of sp³-hybridized carbons (Fsp3) is 0.231. The average molecular weight is 579 g/mol. The van der Waals surface area contributed by atoms with Crippen molar-refractivity contribution in [3.8, 4) is 0 Å². The molecular weight excluding hydrogens is 550 g/mol. The Morgan fingerprint density at radius 2 is 1.07 bits per heavy atom. The molecule has 0 spiro atoms. The van der Waals surface area contributed by atoms with Gasteiger partial charge < -0.3 is 0 Å². The molecule has 0 unspecified atom stereocenters. The second kappa shape index (κ2) is 10.9. The minimum atomic E-state index is -2.64. The number of hydrogen-bond acceptors (Lipinski definition) is 0. The molecule has 152 valence electrons. The van der Waals surface area contributed by atoms with Gasteiger partial charge in [0.2, 0.25) is 0 Å². The van der Waals surface area contributed by atoms with Gasteiger partial charge in [-0.2, -0.15) is 0 Å². The van der Waals surface area contributed by atoms with Gasteiger partial charge in [0.05, 0.1) is 0 Å². The summed E-state index contributed by atoms with van der Waals surface area (Å²) in [5.74, 6) is 0. The third-order valence-corrected chi connectivity index (χ3v) is 17.3. The molecule has 29 heavy (non-hydrogen) atoms. The van der Waals surface area contributed by atoms with Crippen molar-refractivity contribution in [3.05, 3.63) is 103 Å². The number of alkyl halides is 1. The van der Waals surface area contributed by atoms with Gasteiger partial charge in [-0.25, -0.2) is 0 Å². The molecule has 0 radical (unpaired) electrons. The Morgan fingerprint density at radius 3 is 1.48 bits per heavy atom. The molecule has 0 aliphatic carbocycles. The number of hydrogen-bond donors (Lipinski definition) is 0. The normalized spacial score (nSPS) is 13.2. The third-order valence-electron chi connectivity index (χ3n) is 5.50. The Labute approximate surface area is 197 Å². The third kappa shape index (κ3) is 5.03. The second-order valence-electron chi connectivity index (χ2n) is 7.38. The van der Waals surface area contributed by atoms with E-state index in [2.05, 4.69) is 141 Å². The van der Waals surface area contributed by atoms with Gasteiger partial charge in [-0.3, -0.25) is 0 Å². The number of rotatable bonds is 10. The maximum atomic E-state index is 3.53. The van der Waals surface area contributed by atoms with Gasteiger partial charge in [-0.15, -0.1) is 0 Å². The first-order chi connectivity index (χ1) is 14.2. The van der Waals surface area contributed by atoms with Gasteiger partial charge in [0.1, 0.15) is 0 Å². The van der Waals surface area contributed by atoms with Gasteiger partial charge in [0, 0.05) is 0 Å². The van der Waals surface area contributed by atoms with Crippen LogP contribution in [0.3, 0.4) is 0 Å². The summed E-state index contributed by atoms with van der Waals surface area (Å²) in [6.07, 6.45) is 10.9. The maximum absolute atomic E-state index is 3.53. The summed E-state index contributed by atoms with van der Waals surface area (Å²) in [5.41, 5.74) is 0. The molecule has 3 aromatic carbocycles. The van der Waals surface area contributed by atoms with E-state index in [1.807, 2.05) is 0 Å². The molecular formula is C26H29BrIP. The van der Waals surface area contributed by atoms with E-state index in [1.54, 1.807) is 0 Å². The Bertz CT molecular complexity index is 794. The predicted octanol–water partition coefficient (Wildman–Crippen LogP) is 7.38. The van der Waals surface area contributed by atoms with E-state index in [0.717, 1.165) is 17.9 Å². The summed E-state index contributed by atoms with van der Waals surface area (Å²) < 4.78 is -2.64. The van der Waals surface area contributed by atoms with Crippen molar-refractivity contribution in [2.75, 3.05) is 11.5 Å². The van der Waals surface area contributed by atoms with Gasteiger partial charge in [-0.05, 0) is 0 Å². The van der Waals surface area contributed by atoms with Gasteiger partial charge in [-0.1, -0.05) is 0 Å². The van der Waals surface area contributed by atoms with Crippen LogP contribution >= 0.6 is 42.2 Å². The van der Waals surface area contributed by atoms with Crippen LogP contribution in [0, 0.1) is 0 Å². The molecule has 0 N–H and O–H groups in total. The Morgan fingerprint density at radius 1 is 0.621 bits per heavy atom. The molecule has 0 bridgehead atoms. The molecule has 0 atom stereocenters. The molecule has 3 aromatic rings. The van der Waals surface area contributed by atoms with E-state index in [9.17, 15) is 0 Å². The number of unbranched alkanes of at least 4 members (excludes halogenated alkanes) is 3. The zero-order chi connectivity index (χ0) is 20.4. The monoisotopic (exact) mass is 578 g/mol. The first-order valence-electron chi connectivity index (χ1n) is 10.3. The summed E-state index contributed by atoms with van der Waals surface area (Å²) in [4.78, 5) is 0. The number of benzene rings is 3. The number of allylic oxidation sites excluding steroid dienone is 2. The van der Waals surface area contributed by atoms with Crippen molar-refractivity contribution < 1.29 is 0 Å². The van der Waals surface area contributed by atoms with Crippen molar-refractivity contribution >= 4 is 58.1 Å². The fourth-order valence-corrected chi connectivity index (χ4v) is 12.3. The van der Waals surface area contributed by atoms with E-state index in [4.69, 9.17) is 0 Å². The fourth-order valence-electron chi connectivity index (χ4n) is 3.90. The van der Waals surface area contributed by atoms with E-state index >= 15 is 0 Å². The Balaban J connectivity index is 2.08. The minimum absolute atomic E-state index is 1.04. The summed E-state index contributed by atoms with van der Waals surface area (Å²) in [6.45, 7) is 0. The molecule has 0 heterocycles. The molecule has 0 fully saturated rings. The molecule has 0 saturated heterocycles. The zero-order valence-corrected chi connectivity index (χ0v) is 21.4. The van der Waals surface area contributed by atoms with Crippen molar-refractivity contribution in [2.45, 2.75) is 25.7 Å². The Kier molecular flexibility index (Phi) is 8.53. The molecule has 3 heteroatoms. The van der Waals surface area contributed by atoms with Gasteiger partial charge in [0.15, 0.2) is 0 Å². The van der Waals surface area contributed by atoms with Crippen molar-refractivity contribution in [1.82, 2.24) is 0 Å². The first-order valence-corrected chi connectivity index (χ1v) is 16.6. The first kappa shape index (κ1) is 22.7. The molecule has 0 amide bonds. The van der Waals surface area contributed by atoms with E-state index in [1.165, 1.54) is 35.2 Å². The van der Waals surface area contributed by atoms with E-state index < -0.39 is 4.25 Å². The molecule has 0 aliphatic rings. The van der Waals surface area contributed by atoms with E-state index in [-0.39, 0.29) is 0 Å². The summed E-state index contributed by atoms with van der Waals surface area (Å²) >= 11 is 6.38. The van der Waals surface area contributed by atoms with Crippen LogP contribution in [0.2, 0.25) is 0 Å². The summed E-state index contributed by atoms with van der Waals surface area (Å²) in [7, 11) is 0. The standard InChI is InChI=1S/C26H29BrIP/c27-22-14-3-1-2-4-15-23-29(28,24-16-8-5-9-17-24,25-18-10-6-11-19-25)26-20-12-7-13-21-26/h4-13,15-21H,1-3,14,22-23H2. The molecule has 3 rings (SSSR count). The van der Waals surface area contributed by atoms with Crippen LogP contribution in [0.1, 0.15) is 25.7 Å². The van der Waals surface area contributed by atoms with Crippen LogP contribution in [-0.2, 0) is 0 Å². The molecule has 0 saturated carbocycles. The number of halogens is 2. The average Bonchev–Trinajstić information content (AvgIpc) is 2.80. The summed E-state index contributed by atoms with van der Waals surface area (Å²) in [5, 5.41) is 5.44. The summed E-state index contributed by atoms with van der Waals surface area (Å²) in [6, 6.07) is 33.4. The molecule has 0 aliphatic heterocycles. The van der Waals surface area contributed by atoms with Crippen LogP contribution in [0.15, 0.2) is 103 Å². The quantitative estimate of drug-likeness (QED) is 0.0774. The van der Waals surface area contributed by atoms with Gasteiger partial charge in [0.25, 0.3) is 0 Å². The van der Waals surface area contributed by atoms with Crippen LogP contribution in [0.4, 0.5) is 0 Å². The molecule has 0 aromatic heterocycles. The second-order valence-corrected chi connectivity index (χ2v) is 18.8. The van der Waals surface area contributed by atoms with Crippen LogP contribution in [0.25, 0.3) is 0 Å². The van der Waals surface area contributed by atoms with Crippen molar-refractivity contribution in [2.24, 2.45) is 0 Å². The van der Waals surface area contributed by atoms with Gasteiger partial charge >= 0.3 is 198 Å². The van der Waals surface area contributed by atoms with Crippen molar-refractivity contribution in [3.63, 3.8) is 0 Å². The Hall–Kier alpha value is -0.960. The zero-order valence-electron chi connectivity index (χ0n) is 16.8. The van der Waals surface area contributed by atoms with Crippen LogP contribution in [0.5, 0.6) is 0 Å². The van der Waals surface area contributed by atoms with Crippen LogP contribution < -0.4 is 15.9 Å². The predicted molar refractivity (Wildman–Crippen MR) is 145 cm³/mol. The SMILES string of the molecule is BrCCCCCC=CCP(I)(c1ccccc1)(c1ccccc1)c1ccccc1.